The maximum Gasteiger partial charge on any atom is 0.407 e. The second-order valence-corrected chi connectivity index (χ2v) is 10.5. The lowest BCUT2D eigenvalue weighted by Gasteiger charge is -2.20. The zero-order chi connectivity index (χ0) is 31.1. The number of halogens is 3. The van der Waals surface area contributed by atoms with E-state index in [-0.39, 0.29) is 30.2 Å². The minimum atomic E-state index is -3.61. The zero-order valence-electron chi connectivity index (χ0n) is 23.0. The first kappa shape index (κ1) is 31.8. The number of nitrogens with zero attached hydrogens (tertiary/aromatic N) is 3. The molecule has 42 heavy (non-hydrogen) atoms. The van der Waals surface area contributed by atoms with Gasteiger partial charge in [-0.1, -0.05) is 17.7 Å². The highest BCUT2D eigenvalue weighted by molar-refractivity contribution is 6.30. The van der Waals surface area contributed by atoms with Crippen LogP contribution in [0.1, 0.15) is 48.8 Å². The Morgan fingerprint density at radius 3 is 2.48 bits per heavy atom. The Hall–Kier alpha value is -4.70. The molecular weight excluding hydrogens is 574 g/mol. The van der Waals surface area contributed by atoms with E-state index in [0.29, 0.717) is 16.1 Å². The van der Waals surface area contributed by atoms with Crippen molar-refractivity contribution in [2.24, 2.45) is 0 Å². The molecule has 0 aliphatic heterocycles. The van der Waals surface area contributed by atoms with Crippen molar-refractivity contribution in [3.63, 3.8) is 0 Å². The Labute approximate surface area is 245 Å². The average molecular weight is 603 g/mol. The SMILES string of the molecule is CC(C)(C)OC(=O)NCc1ccc(Cl)cc1CNC(=O)Cc1nc(NCC(F)(F)c2ncccc2O)cc(C#N)c1O. The normalized spacial score (nSPS) is 11.4. The van der Waals surface area contributed by atoms with Crippen LogP contribution in [0, 0.1) is 11.3 Å². The summed E-state index contributed by atoms with van der Waals surface area (Å²) in [7, 11) is 0. The lowest BCUT2D eigenvalue weighted by atomic mass is 10.1. The third-order valence-corrected chi connectivity index (χ3v) is 5.84. The van der Waals surface area contributed by atoms with Gasteiger partial charge in [-0.15, -0.1) is 0 Å². The summed E-state index contributed by atoms with van der Waals surface area (Å²) in [5.41, 5.74) is -0.790. The number of nitrogens with one attached hydrogen (secondary N) is 3. The molecule has 0 aliphatic rings. The number of nitriles is 1. The van der Waals surface area contributed by atoms with Crippen LogP contribution in [0.25, 0.3) is 0 Å². The van der Waals surface area contributed by atoms with Gasteiger partial charge in [0.2, 0.25) is 5.91 Å². The fourth-order valence-electron chi connectivity index (χ4n) is 3.68. The van der Waals surface area contributed by atoms with E-state index in [1.807, 2.05) is 0 Å². The molecule has 5 N–H and O–H groups in total. The summed E-state index contributed by atoms with van der Waals surface area (Å²) in [6.45, 7) is 4.25. The highest BCUT2D eigenvalue weighted by Gasteiger charge is 2.36. The lowest BCUT2D eigenvalue weighted by molar-refractivity contribution is -0.120. The van der Waals surface area contributed by atoms with Crippen LogP contribution in [0.5, 0.6) is 11.5 Å². The third kappa shape index (κ3) is 8.90. The number of aromatic hydroxyl groups is 2. The van der Waals surface area contributed by atoms with Gasteiger partial charge in [-0.3, -0.25) is 9.78 Å². The first-order valence-corrected chi connectivity index (χ1v) is 13.0. The monoisotopic (exact) mass is 602 g/mol. The van der Waals surface area contributed by atoms with Gasteiger partial charge in [0.05, 0.1) is 24.2 Å². The smallest absolute Gasteiger partial charge is 0.407 e. The van der Waals surface area contributed by atoms with Crippen LogP contribution in [0.3, 0.4) is 0 Å². The van der Waals surface area contributed by atoms with E-state index in [2.05, 4.69) is 25.9 Å². The van der Waals surface area contributed by atoms with Crippen LogP contribution in [0.4, 0.5) is 19.4 Å². The number of carbonyl (C=O) groups excluding carboxylic acids is 2. The summed E-state index contributed by atoms with van der Waals surface area (Å²) in [5.74, 6) is -5.68. The van der Waals surface area contributed by atoms with Crippen LogP contribution in [0.2, 0.25) is 5.02 Å². The second-order valence-electron chi connectivity index (χ2n) is 10.1. The topological polar surface area (TPSA) is 169 Å². The number of amides is 2. The minimum absolute atomic E-state index is 0.00563. The minimum Gasteiger partial charge on any atom is -0.506 e. The number of pyridine rings is 2. The van der Waals surface area contributed by atoms with Crippen molar-refractivity contribution in [3.05, 3.63) is 75.7 Å². The van der Waals surface area contributed by atoms with Crippen LogP contribution >= 0.6 is 11.6 Å². The quantitative estimate of drug-likeness (QED) is 0.224. The molecule has 2 heterocycles. The van der Waals surface area contributed by atoms with Gasteiger partial charge in [0.15, 0.2) is 11.4 Å². The number of rotatable bonds is 10. The molecule has 0 unspecified atom stereocenters. The van der Waals surface area contributed by atoms with Gasteiger partial charge < -0.3 is 30.9 Å². The largest absolute Gasteiger partial charge is 0.506 e. The Bertz CT molecular complexity index is 1510. The van der Waals surface area contributed by atoms with Crippen molar-refractivity contribution >= 4 is 29.4 Å². The molecular formula is C28H29ClF2N6O5. The van der Waals surface area contributed by atoms with Crippen LogP contribution in [0.15, 0.2) is 42.6 Å². The van der Waals surface area contributed by atoms with Crippen molar-refractivity contribution < 1.29 is 33.3 Å². The first-order valence-electron chi connectivity index (χ1n) is 12.6. The molecule has 0 radical (unpaired) electrons. The molecule has 0 saturated heterocycles. The van der Waals surface area contributed by atoms with Crippen molar-refractivity contribution in [3.8, 4) is 17.6 Å². The molecule has 2 amide bonds. The summed E-state index contributed by atoms with van der Waals surface area (Å²) >= 11 is 6.12. The van der Waals surface area contributed by atoms with E-state index in [0.717, 1.165) is 18.3 Å². The second kappa shape index (κ2) is 13.3. The summed E-state index contributed by atoms with van der Waals surface area (Å²) in [4.78, 5) is 32.3. The molecule has 0 spiro atoms. The van der Waals surface area contributed by atoms with Crippen molar-refractivity contribution in [1.82, 2.24) is 20.6 Å². The highest BCUT2D eigenvalue weighted by Crippen LogP contribution is 2.33. The summed E-state index contributed by atoms with van der Waals surface area (Å²) in [6, 6.07) is 10.1. The lowest BCUT2D eigenvalue weighted by Crippen LogP contribution is -2.32. The summed E-state index contributed by atoms with van der Waals surface area (Å²) in [6.07, 6.45) is 0.000678. The summed E-state index contributed by atoms with van der Waals surface area (Å²) < 4.78 is 34.5. The number of alkyl halides is 2. The van der Waals surface area contributed by atoms with Gasteiger partial charge in [-0.25, -0.2) is 9.78 Å². The number of benzene rings is 1. The molecule has 3 rings (SSSR count). The number of carbonyl (C=O) groups is 2. The molecule has 14 heteroatoms. The van der Waals surface area contributed by atoms with Crippen LogP contribution in [-0.2, 0) is 35.0 Å². The van der Waals surface area contributed by atoms with E-state index >= 15 is 0 Å². The average Bonchev–Trinajstić information content (AvgIpc) is 2.91. The molecule has 2 aromatic heterocycles. The number of ether oxygens (including phenoxy) is 1. The molecule has 0 atom stereocenters. The van der Waals surface area contributed by atoms with Crippen molar-refractivity contribution in [1.29, 1.82) is 5.26 Å². The van der Waals surface area contributed by atoms with E-state index < -0.39 is 53.7 Å². The molecule has 0 saturated carbocycles. The number of anilines is 1. The van der Waals surface area contributed by atoms with Gasteiger partial charge in [0, 0.05) is 30.4 Å². The fourth-order valence-corrected chi connectivity index (χ4v) is 3.87. The number of aromatic nitrogens is 2. The van der Waals surface area contributed by atoms with E-state index in [9.17, 15) is 33.8 Å². The predicted octanol–water partition coefficient (Wildman–Crippen LogP) is 4.50. The Morgan fingerprint density at radius 2 is 1.81 bits per heavy atom. The molecule has 11 nitrogen and oxygen atoms in total. The number of hydrogen-bond donors (Lipinski definition) is 5. The molecule has 1 aromatic carbocycles. The molecule has 3 aromatic rings. The van der Waals surface area contributed by atoms with E-state index in [1.54, 1.807) is 45.0 Å². The van der Waals surface area contributed by atoms with Gasteiger partial charge in [-0.2, -0.15) is 14.0 Å². The van der Waals surface area contributed by atoms with Gasteiger partial charge in [0.25, 0.3) is 0 Å². The molecule has 222 valence electrons. The van der Waals surface area contributed by atoms with Gasteiger partial charge in [-0.05, 0) is 56.2 Å². The standard InChI is InChI=1S/C28H29ClF2N6O5/c1-27(2,3)42-26(41)35-13-16-6-7-19(29)9-18(16)14-34-23(39)11-20-24(40)17(12-32)10-22(37-20)36-15-28(30,31)25-21(38)5-4-8-33-25/h4-10,38,40H,11,13-15H2,1-3H3,(H,34,39)(H,35,41)(H,36,37). The van der Waals surface area contributed by atoms with Crippen LogP contribution < -0.4 is 16.0 Å². The highest BCUT2D eigenvalue weighted by atomic mass is 35.5. The predicted molar refractivity (Wildman–Crippen MR) is 149 cm³/mol. The zero-order valence-corrected chi connectivity index (χ0v) is 23.7. The van der Waals surface area contributed by atoms with E-state index in [1.165, 1.54) is 6.07 Å². The maximum atomic E-state index is 14.6. The van der Waals surface area contributed by atoms with Crippen molar-refractivity contribution in [2.75, 3.05) is 11.9 Å². The van der Waals surface area contributed by atoms with Gasteiger partial charge >= 0.3 is 12.0 Å². The van der Waals surface area contributed by atoms with Gasteiger partial charge in [0.1, 0.15) is 23.2 Å². The fraction of sp³-hybridized carbons (Fsp3) is 0.321. The first-order chi connectivity index (χ1) is 19.7. The molecule has 0 fully saturated rings. The third-order valence-electron chi connectivity index (χ3n) is 5.60. The Morgan fingerprint density at radius 1 is 1.10 bits per heavy atom. The summed E-state index contributed by atoms with van der Waals surface area (Å²) in [5, 5.41) is 37.6. The van der Waals surface area contributed by atoms with E-state index in [4.69, 9.17) is 16.3 Å². The maximum absolute atomic E-state index is 14.6. The molecule has 0 bridgehead atoms. The Kier molecular flexibility index (Phi) is 10.1. The van der Waals surface area contributed by atoms with Crippen molar-refractivity contribution in [2.45, 2.75) is 51.8 Å². The molecule has 0 aliphatic carbocycles. The van der Waals surface area contributed by atoms with Crippen LogP contribution in [-0.4, -0.2) is 44.3 Å². The number of hydrogen-bond acceptors (Lipinski definition) is 9. The Balaban J connectivity index is 1.69. The number of alkyl carbamates (subject to hydrolysis) is 1.